The maximum absolute atomic E-state index is 5.68. The highest BCUT2D eigenvalue weighted by molar-refractivity contribution is 6.29. The van der Waals surface area contributed by atoms with Crippen LogP contribution in [0.5, 0.6) is 5.88 Å². The lowest BCUT2D eigenvalue weighted by molar-refractivity contribution is 0.280. The summed E-state index contributed by atoms with van der Waals surface area (Å²) in [6.45, 7) is 0.358. The SMILES string of the molecule is Cn1ccnc1COc1cc(Cl)ncn1. The van der Waals surface area contributed by atoms with Crippen LogP contribution in [0.15, 0.2) is 24.8 Å². The van der Waals surface area contributed by atoms with Crippen molar-refractivity contribution >= 4 is 11.6 Å². The third-order valence-electron chi connectivity index (χ3n) is 1.88. The molecule has 0 spiro atoms. The number of aromatic nitrogens is 4. The Kier molecular flexibility index (Phi) is 2.82. The van der Waals surface area contributed by atoms with Crippen molar-refractivity contribution in [3.8, 4) is 5.88 Å². The van der Waals surface area contributed by atoms with Gasteiger partial charge in [-0.2, -0.15) is 0 Å². The molecule has 0 aromatic carbocycles. The van der Waals surface area contributed by atoms with Gasteiger partial charge in [0.05, 0.1) is 0 Å². The Bertz CT molecular complexity index is 457. The van der Waals surface area contributed by atoms with E-state index in [-0.39, 0.29) is 0 Å². The quantitative estimate of drug-likeness (QED) is 0.741. The van der Waals surface area contributed by atoms with Crippen LogP contribution in [-0.2, 0) is 13.7 Å². The van der Waals surface area contributed by atoms with Crippen LogP contribution < -0.4 is 4.74 Å². The fraction of sp³-hybridized carbons (Fsp3) is 0.222. The van der Waals surface area contributed by atoms with Crippen LogP contribution in [0.25, 0.3) is 0 Å². The van der Waals surface area contributed by atoms with Gasteiger partial charge in [0, 0.05) is 25.5 Å². The number of imidazole rings is 1. The number of rotatable bonds is 3. The molecule has 2 rings (SSSR count). The zero-order valence-corrected chi connectivity index (χ0v) is 8.85. The summed E-state index contributed by atoms with van der Waals surface area (Å²) in [6, 6.07) is 1.56. The summed E-state index contributed by atoms with van der Waals surface area (Å²) in [4.78, 5) is 11.8. The van der Waals surface area contributed by atoms with Gasteiger partial charge in [-0.3, -0.25) is 0 Å². The Labute approximate surface area is 91.7 Å². The second-order valence-corrected chi connectivity index (χ2v) is 3.31. The number of hydrogen-bond donors (Lipinski definition) is 0. The summed E-state index contributed by atoms with van der Waals surface area (Å²) in [5, 5.41) is 0.361. The molecule has 0 N–H and O–H groups in total. The zero-order chi connectivity index (χ0) is 10.7. The van der Waals surface area contributed by atoms with E-state index in [1.807, 2.05) is 17.8 Å². The molecule has 0 atom stereocenters. The van der Waals surface area contributed by atoms with Gasteiger partial charge in [-0.1, -0.05) is 11.6 Å². The predicted octanol–water partition coefficient (Wildman–Crippen LogP) is 1.44. The first-order valence-corrected chi connectivity index (χ1v) is 4.70. The van der Waals surface area contributed by atoms with Crippen molar-refractivity contribution < 1.29 is 4.74 Å². The highest BCUT2D eigenvalue weighted by atomic mass is 35.5. The van der Waals surface area contributed by atoms with Gasteiger partial charge < -0.3 is 9.30 Å². The largest absolute Gasteiger partial charge is 0.469 e. The molecule has 0 bridgehead atoms. The van der Waals surface area contributed by atoms with Crippen molar-refractivity contribution in [3.05, 3.63) is 35.8 Å². The first kappa shape index (κ1) is 9.92. The molecule has 0 fully saturated rings. The van der Waals surface area contributed by atoms with Gasteiger partial charge in [0.15, 0.2) is 0 Å². The van der Waals surface area contributed by atoms with Crippen LogP contribution >= 0.6 is 11.6 Å². The molecule has 0 aliphatic carbocycles. The zero-order valence-electron chi connectivity index (χ0n) is 8.09. The minimum Gasteiger partial charge on any atom is -0.469 e. The van der Waals surface area contributed by atoms with Gasteiger partial charge in [0.2, 0.25) is 5.88 Å². The van der Waals surface area contributed by atoms with Crippen LogP contribution in [0, 0.1) is 0 Å². The van der Waals surface area contributed by atoms with Gasteiger partial charge in [-0.05, 0) is 0 Å². The van der Waals surface area contributed by atoms with E-state index in [0.717, 1.165) is 5.82 Å². The molecule has 0 saturated heterocycles. The molecular weight excluding hydrogens is 216 g/mol. The Morgan fingerprint density at radius 2 is 2.27 bits per heavy atom. The molecule has 2 aromatic rings. The predicted molar refractivity (Wildman–Crippen MR) is 54.6 cm³/mol. The maximum Gasteiger partial charge on any atom is 0.218 e. The van der Waals surface area contributed by atoms with E-state index < -0.39 is 0 Å². The van der Waals surface area contributed by atoms with Gasteiger partial charge in [0.1, 0.15) is 23.9 Å². The Morgan fingerprint density at radius 1 is 1.40 bits per heavy atom. The molecule has 78 valence electrons. The van der Waals surface area contributed by atoms with Crippen LogP contribution in [0.1, 0.15) is 5.82 Å². The summed E-state index contributed by atoms with van der Waals surface area (Å²) in [5.41, 5.74) is 0. The minimum absolute atomic E-state index is 0.358. The molecule has 0 amide bonds. The van der Waals surface area contributed by atoms with Crippen molar-refractivity contribution in [1.29, 1.82) is 0 Å². The normalized spacial score (nSPS) is 10.3. The molecule has 5 nitrogen and oxygen atoms in total. The molecule has 0 aliphatic rings. The Hall–Kier alpha value is -1.62. The monoisotopic (exact) mass is 224 g/mol. The van der Waals surface area contributed by atoms with E-state index in [9.17, 15) is 0 Å². The summed E-state index contributed by atoms with van der Waals surface area (Å²) >= 11 is 5.68. The van der Waals surface area contributed by atoms with Crippen LogP contribution in [0.2, 0.25) is 5.15 Å². The average Bonchev–Trinajstić information content (AvgIpc) is 2.61. The van der Waals surface area contributed by atoms with E-state index in [0.29, 0.717) is 17.6 Å². The van der Waals surface area contributed by atoms with Gasteiger partial charge in [0.25, 0.3) is 0 Å². The second-order valence-electron chi connectivity index (χ2n) is 2.92. The van der Waals surface area contributed by atoms with Crippen molar-refractivity contribution in [2.24, 2.45) is 7.05 Å². The van der Waals surface area contributed by atoms with Crippen LogP contribution in [0.4, 0.5) is 0 Å². The highest BCUT2D eigenvalue weighted by Crippen LogP contribution is 2.12. The van der Waals surface area contributed by atoms with Crippen molar-refractivity contribution in [2.45, 2.75) is 6.61 Å². The van der Waals surface area contributed by atoms with Crippen molar-refractivity contribution in [2.75, 3.05) is 0 Å². The summed E-state index contributed by atoms with van der Waals surface area (Å²) in [5.74, 6) is 1.27. The summed E-state index contributed by atoms with van der Waals surface area (Å²) in [7, 11) is 1.90. The molecule has 2 aromatic heterocycles. The fourth-order valence-corrected chi connectivity index (χ4v) is 1.21. The maximum atomic E-state index is 5.68. The molecule has 0 radical (unpaired) electrons. The standard InChI is InChI=1S/C9H9ClN4O/c1-14-3-2-11-8(14)5-15-9-4-7(10)12-6-13-9/h2-4,6H,5H2,1H3. The van der Waals surface area contributed by atoms with E-state index in [4.69, 9.17) is 16.3 Å². The molecule has 0 aliphatic heterocycles. The van der Waals surface area contributed by atoms with E-state index in [1.54, 1.807) is 12.3 Å². The highest BCUT2D eigenvalue weighted by Gasteiger charge is 2.02. The second kappa shape index (κ2) is 4.27. The number of aryl methyl sites for hydroxylation is 1. The number of halogens is 1. The number of nitrogens with zero attached hydrogens (tertiary/aromatic N) is 4. The Morgan fingerprint density at radius 3 is 2.93 bits per heavy atom. The molecule has 0 saturated carbocycles. The molecular formula is C9H9ClN4O. The lowest BCUT2D eigenvalue weighted by Crippen LogP contribution is -2.03. The smallest absolute Gasteiger partial charge is 0.218 e. The lowest BCUT2D eigenvalue weighted by Gasteiger charge is -2.04. The molecule has 15 heavy (non-hydrogen) atoms. The van der Waals surface area contributed by atoms with Crippen LogP contribution in [0.3, 0.4) is 0 Å². The third kappa shape index (κ3) is 2.44. The van der Waals surface area contributed by atoms with Crippen molar-refractivity contribution in [1.82, 2.24) is 19.5 Å². The topological polar surface area (TPSA) is 52.8 Å². The molecule has 6 heteroatoms. The first-order valence-electron chi connectivity index (χ1n) is 4.32. The Balaban J connectivity index is 2.02. The van der Waals surface area contributed by atoms with Gasteiger partial charge >= 0.3 is 0 Å². The molecule has 2 heterocycles. The van der Waals surface area contributed by atoms with E-state index in [1.165, 1.54) is 6.33 Å². The number of ether oxygens (including phenoxy) is 1. The van der Waals surface area contributed by atoms with Crippen molar-refractivity contribution in [3.63, 3.8) is 0 Å². The molecule has 0 unspecified atom stereocenters. The minimum atomic E-state index is 0.358. The third-order valence-corrected chi connectivity index (χ3v) is 2.09. The van der Waals surface area contributed by atoms with Crippen LogP contribution in [-0.4, -0.2) is 19.5 Å². The lowest BCUT2D eigenvalue weighted by atomic mass is 10.6. The summed E-state index contributed by atoms with van der Waals surface area (Å²) < 4.78 is 7.27. The van der Waals surface area contributed by atoms with Gasteiger partial charge in [-0.15, -0.1) is 0 Å². The van der Waals surface area contributed by atoms with Gasteiger partial charge in [-0.25, -0.2) is 15.0 Å². The number of hydrogen-bond acceptors (Lipinski definition) is 4. The first-order chi connectivity index (χ1) is 7.25. The van der Waals surface area contributed by atoms with E-state index >= 15 is 0 Å². The fourth-order valence-electron chi connectivity index (χ4n) is 1.07. The summed E-state index contributed by atoms with van der Waals surface area (Å²) in [6.07, 6.45) is 4.92. The average molecular weight is 225 g/mol. The van der Waals surface area contributed by atoms with E-state index in [2.05, 4.69) is 15.0 Å².